The molecule has 0 saturated carbocycles. The lowest BCUT2D eigenvalue weighted by molar-refractivity contribution is 0.0959. The zero-order valence-electron chi connectivity index (χ0n) is 9.79. The number of allylic oxidation sites excluding steroid dienone is 1. The lowest BCUT2D eigenvalue weighted by Crippen LogP contribution is -2.15. The highest BCUT2D eigenvalue weighted by atomic mass is 32.1. The predicted molar refractivity (Wildman–Crippen MR) is 72.6 cm³/mol. The molecule has 18 heavy (non-hydrogen) atoms. The van der Waals surface area contributed by atoms with E-state index < -0.39 is 0 Å². The number of rotatable bonds is 4. The van der Waals surface area contributed by atoms with Crippen molar-refractivity contribution < 1.29 is 9.21 Å². The minimum Gasteiger partial charge on any atom is -0.465 e. The van der Waals surface area contributed by atoms with Gasteiger partial charge in [-0.3, -0.25) is 4.79 Å². The maximum Gasteiger partial charge on any atom is 0.281 e. The van der Waals surface area contributed by atoms with Crippen molar-refractivity contribution in [1.82, 2.24) is 5.43 Å². The fraction of sp³-hybridized carbons (Fsp3) is 0.0769. The second-order valence-electron chi connectivity index (χ2n) is 3.58. The zero-order chi connectivity index (χ0) is 12.8. The van der Waals surface area contributed by atoms with Crippen LogP contribution in [0.3, 0.4) is 0 Å². The number of hydrazone groups is 1. The number of carbonyl (C=O) groups is 1. The van der Waals surface area contributed by atoms with Crippen LogP contribution in [0.2, 0.25) is 0 Å². The molecule has 2 aromatic rings. The Balaban J connectivity index is 1.90. The Morgan fingerprint density at radius 1 is 1.44 bits per heavy atom. The quantitative estimate of drug-likeness (QED) is 0.678. The van der Waals surface area contributed by atoms with Gasteiger partial charge in [0, 0.05) is 0 Å². The number of hydrogen-bond donors (Lipinski definition) is 1. The smallest absolute Gasteiger partial charge is 0.281 e. The van der Waals surface area contributed by atoms with Crippen molar-refractivity contribution in [1.29, 1.82) is 0 Å². The number of amides is 1. The molecule has 0 radical (unpaired) electrons. The number of nitrogens with one attached hydrogen (secondary N) is 1. The first-order valence-electron chi connectivity index (χ1n) is 5.34. The molecule has 0 aromatic carbocycles. The van der Waals surface area contributed by atoms with Crippen molar-refractivity contribution in [3.05, 3.63) is 52.1 Å². The van der Waals surface area contributed by atoms with E-state index in [1.54, 1.807) is 18.5 Å². The van der Waals surface area contributed by atoms with E-state index in [2.05, 4.69) is 10.5 Å². The molecular weight excluding hydrogens is 248 g/mol. The van der Waals surface area contributed by atoms with Crippen molar-refractivity contribution in [2.24, 2.45) is 5.10 Å². The molecule has 1 amide bonds. The van der Waals surface area contributed by atoms with E-state index >= 15 is 0 Å². The van der Waals surface area contributed by atoms with Crippen molar-refractivity contribution in [3.63, 3.8) is 0 Å². The highest BCUT2D eigenvalue weighted by Crippen LogP contribution is 2.08. The summed E-state index contributed by atoms with van der Waals surface area (Å²) in [5.74, 6) is 0.551. The maximum absolute atomic E-state index is 11.6. The average Bonchev–Trinajstić information content (AvgIpc) is 3.00. The van der Waals surface area contributed by atoms with Gasteiger partial charge in [0.2, 0.25) is 0 Å². The summed E-state index contributed by atoms with van der Waals surface area (Å²) in [5.41, 5.74) is 3.35. The van der Waals surface area contributed by atoms with E-state index in [0.717, 1.165) is 11.3 Å². The zero-order valence-corrected chi connectivity index (χ0v) is 10.6. The second-order valence-corrected chi connectivity index (χ2v) is 4.53. The van der Waals surface area contributed by atoms with Crippen molar-refractivity contribution in [2.45, 2.75) is 6.92 Å². The van der Waals surface area contributed by atoms with Crippen LogP contribution in [0.25, 0.3) is 6.08 Å². The SMILES string of the molecule is C/C(C=NNC(=O)c1cccs1)=C\c1ccco1. The van der Waals surface area contributed by atoms with E-state index in [0.29, 0.717) is 4.88 Å². The Morgan fingerprint density at radius 2 is 2.33 bits per heavy atom. The van der Waals surface area contributed by atoms with Crippen LogP contribution in [-0.2, 0) is 0 Å². The normalized spacial score (nSPS) is 11.9. The standard InChI is InChI=1S/C13H12N2O2S/c1-10(8-11-4-2-6-17-11)9-14-15-13(16)12-5-3-7-18-12/h2-9H,1H3,(H,15,16)/b10-8+,14-9?. The summed E-state index contributed by atoms with van der Waals surface area (Å²) < 4.78 is 5.17. The van der Waals surface area contributed by atoms with Gasteiger partial charge in [-0.2, -0.15) is 5.10 Å². The molecule has 92 valence electrons. The Bertz CT molecular complexity index is 554. The van der Waals surface area contributed by atoms with Crippen LogP contribution < -0.4 is 5.43 Å². The minimum atomic E-state index is -0.202. The molecule has 0 unspecified atom stereocenters. The summed E-state index contributed by atoms with van der Waals surface area (Å²) in [6.45, 7) is 1.88. The summed E-state index contributed by atoms with van der Waals surface area (Å²) in [4.78, 5) is 12.2. The van der Waals surface area contributed by atoms with Crippen molar-refractivity contribution in [2.75, 3.05) is 0 Å². The molecule has 2 heterocycles. The van der Waals surface area contributed by atoms with Crippen molar-refractivity contribution in [3.8, 4) is 0 Å². The van der Waals surface area contributed by atoms with Crippen LogP contribution in [0.1, 0.15) is 22.4 Å². The number of furan rings is 1. The van der Waals surface area contributed by atoms with Crippen LogP contribution in [0.15, 0.2) is 51.0 Å². The van der Waals surface area contributed by atoms with E-state index in [1.807, 2.05) is 36.6 Å². The summed E-state index contributed by atoms with van der Waals surface area (Å²) >= 11 is 1.38. The molecule has 1 N–H and O–H groups in total. The summed E-state index contributed by atoms with van der Waals surface area (Å²) in [7, 11) is 0. The monoisotopic (exact) mass is 260 g/mol. The van der Waals surface area contributed by atoms with Gasteiger partial charge >= 0.3 is 0 Å². The topological polar surface area (TPSA) is 54.6 Å². The third kappa shape index (κ3) is 3.43. The van der Waals surface area contributed by atoms with Gasteiger partial charge in [-0.1, -0.05) is 6.07 Å². The van der Waals surface area contributed by atoms with Crippen molar-refractivity contribution >= 4 is 29.5 Å². The number of hydrogen-bond acceptors (Lipinski definition) is 4. The van der Waals surface area contributed by atoms with Gasteiger partial charge in [0.1, 0.15) is 5.76 Å². The van der Waals surface area contributed by atoms with E-state index in [9.17, 15) is 4.79 Å². The van der Waals surface area contributed by atoms with Crippen LogP contribution in [0.4, 0.5) is 0 Å². The van der Waals surface area contributed by atoms with Gasteiger partial charge in [0.25, 0.3) is 5.91 Å². The molecule has 0 aliphatic carbocycles. The first kappa shape index (κ1) is 12.3. The molecule has 0 aliphatic heterocycles. The van der Waals surface area contributed by atoms with Crippen LogP contribution in [0, 0.1) is 0 Å². The summed E-state index contributed by atoms with van der Waals surface area (Å²) in [6, 6.07) is 7.24. The van der Waals surface area contributed by atoms with Gasteiger partial charge in [0.05, 0.1) is 17.4 Å². The molecule has 4 nitrogen and oxygen atoms in total. The van der Waals surface area contributed by atoms with E-state index in [-0.39, 0.29) is 5.91 Å². The third-order valence-corrected chi connectivity index (χ3v) is 2.96. The second kappa shape index (κ2) is 5.97. The van der Waals surface area contributed by atoms with E-state index in [4.69, 9.17) is 4.42 Å². The summed E-state index contributed by atoms with van der Waals surface area (Å²) in [6.07, 6.45) is 5.02. The lowest BCUT2D eigenvalue weighted by atomic mass is 10.3. The van der Waals surface area contributed by atoms with Crippen LogP contribution >= 0.6 is 11.3 Å². The lowest BCUT2D eigenvalue weighted by Gasteiger charge is -1.95. The largest absolute Gasteiger partial charge is 0.465 e. The Labute approximate surface area is 109 Å². The molecular formula is C13H12N2O2S. The highest BCUT2D eigenvalue weighted by molar-refractivity contribution is 7.12. The molecule has 0 saturated heterocycles. The highest BCUT2D eigenvalue weighted by Gasteiger charge is 2.03. The molecule has 2 aromatic heterocycles. The van der Waals surface area contributed by atoms with Gasteiger partial charge < -0.3 is 4.42 Å². The Morgan fingerprint density at radius 3 is 3.00 bits per heavy atom. The Kier molecular flexibility index (Phi) is 4.09. The predicted octanol–water partition coefficient (Wildman–Crippen LogP) is 3.16. The van der Waals surface area contributed by atoms with Gasteiger partial charge in [-0.15, -0.1) is 11.3 Å². The van der Waals surface area contributed by atoms with Gasteiger partial charge in [-0.05, 0) is 42.2 Å². The third-order valence-electron chi connectivity index (χ3n) is 2.09. The molecule has 0 bridgehead atoms. The Hall–Kier alpha value is -2.14. The number of carbonyl (C=O) groups excluding carboxylic acids is 1. The average molecular weight is 260 g/mol. The molecule has 5 heteroatoms. The number of thiophene rings is 1. The number of nitrogens with zero attached hydrogens (tertiary/aromatic N) is 1. The first-order chi connectivity index (χ1) is 8.75. The molecule has 0 spiro atoms. The summed E-state index contributed by atoms with van der Waals surface area (Å²) in [5, 5.41) is 5.73. The molecule has 0 fully saturated rings. The molecule has 0 aliphatic rings. The fourth-order valence-electron chi connectivity index (χ4n) is 1.29. The molecule has 0 atom stereocenters. The minimum absolute atomic E-state index is 0.202. The van der Waals surface area contributed by atoms with Gasteiger partial charge in [0.15, 0.2) is 0 Å². The van der Waals surface area contributed by atoms with Crippen LogP contribution in [-0.4, -0.2) is 12.1 Å². The maximum atomic E-state index is 11.6. The van der Waals surface area contributed by atoms with Crippen LogP contribution in [0.5, 0.6) is 0 Å². The fourth-order valence-corrected chi connectivity index (χ4v) is 1.90. The van der Waals surface area contributed by atoms with Gasteiger partial charge in [-0.25, -0.2) is 5.43 Å². The van der Waals surface area contributed by atoms with E-state index in [1.165, 1.54) is 11.3 Å². The molecule has 2 rings (SSSR count). The first-order valence-corrected chi connectivity index (χ1v) is 6.22.